The van der Waals surface area contributed by atoms with E-state index in [2.05, 4.69) is 6.92 Å². The second kappa shape index (κ2) is 6.78. The highest BCUT2D eigenvalue weighted by Crippen LogP contribution is 2.23. The topological polar surface area (TPSA) is 37.3 Å². The van der Waals surface area contributed by atoms with E-state index < -0.39 is 0 Å². The van der Waals surface area contributed by atoms with Crippen LogP contribution in [0.5, 0.6) is 0 Å². The fraction of sp³-hybridized carbons (Fsp3) is 0.769. The van der Waals surface area contributed by atoms with Gasteiger partial charge in [-0.1, -0.05) is 38.3 Å². The van der Waals surface area contributed by atoms with Gasteiger partial charge in [0.25, 0.3) is 0 Å². The number of Topliss-reactive ketones (excluding diaryl/α,β-unsaturated/α-hetero) is 1. The van der Waals surface area contributed by atoms with E-state index in [1.807, 2.05) is 12.2 Å². The third-order valence-corrected chi connectivity index (χ3v) is 2.99. The molecule has 0 aliphatic heterocycles. The number of ketones is 1. The zero-order valence-corrected chi connectivity index (χ0v) is 9.61. The van der Waals surface area contributed by atoms with Crippen LogP contribution in [0.25, 0.3) is 0 Å². The normalized spacial score (nSPS) is 23.9. The Bertz CT molecular complexity index is 221. The molecule has 2 unspecified atom stereocenters. The van der Waals surface area contributed by atoms with Gasteiger partial charge in [0.2, 0.25) is 0 Å². The number of aliphatic hydroxyl groups is 1. The molecule has 2 heteroatoms. The summed E-state index contributed by atoms with van der Waals surface area (Å²) in [4.78, 5) is 11.0. The van der Waals surface area contributed by atoms with Gasteiger partial charge in [-0.25, -0.2) is 0 Å². The predicted molar refractivity (Wildman–Crippen MR) is 61.6 cm³/mol. The average molecular weight is 210 g/mol. The predicted octanol–water partition coefficient (Wildman–Crippen LogP) is 2.85. The molecule has 0 amide bonds. The highest BCUT2D eigenvalue weighted by atomic mass is 16.3. The van der Waals surface area contributed by atoms with Crippen molar-refractivity contribution in [2.24, 2.45) is 5.92 Å². The first-order valence-corrected chi connectivity index (χ1v) is 6.10. The second-order valence-electron chi connectivity index (χ2n) is 4.49. The molecule has 1 rings (SSSR count). The third kappa shape index (κ3) is 5.12. The molecule has 0 saturated heterocycles. The molecule has 1 saturated carbocycles. The van der Waals surface area contributed by atoms with Crippen molar-refractivity contribution in [3.8, 4) is 0 Å². The molecule has 1 N–H and O–H groups in total. The molecule has 2 nitrogen and oxygen atoms in total. The molecule has 0 bridgehead atoms. The summed E-state index contributed by atoms with van der Waals surface area (Å²) in [5.41, 5.74) is 0. The highest BCUT2D eigenvalue weighted by Gasteiger charge is 2.19. The van der Waals surface area contributed by atoms with E-state index in [1.165, 1.54) is 12.8 Å². The Balaban J connectivity index is 2.16. The maximum atomic E-state index is 11.0. The molecule has 1 fully saturated rings. The van der Waals surface area contributed by atoms with Gasteiger partial charge in [0.1, 0.15) is 5.78 Å². The minimum atomic E-state index is -0.313. The number of allylic oxidation sites excluding steroid dienone is 1. The van der Waals surface area contributed by atoms with E-state index in [1.54, 1.807) is 0 Å². The molecule has 2 atom stereocenters. The van der Waals surface area contributed by atoms with Crippen LogP contribution in [-0.2, 0) is 4.79 Å². The van der Waals surface area contributed by atoms with Gasteiger partial charge in [-0.2, -0.15) is 0 Å². The van der Waals surface area contributed by atoms with Crippen molar-refractivity contribution in [2.45, 2.75) is 58.0 Å². The number of unbranched alkanes of at least 4 members (excludes halogenated alkanes) is 2. The van der Waals surface area contributed by atoms with Crippen molar-refractivity contribution in [1.29, 1.82) is 0 Å². The second-order valence-corrected chi connectivity index (χ2v) is 4.49. The standard InChI is InChI=1S/C13H22O2/c1-2-3-4-5-12(14)8-6-11-7-9-13(15)10-11/h6,8,11-12,14H,2-5,7,9-10H2,1H3. The Morgan fingerprint density at radius 1 is 1.53 bits per heavy atom. The maximum absolute atomic E-state index is 11.0. The lowest BCUT2D eigenvalue weighted by molar-refractivity contribution is -0.117. The molecule has 0 aromatic heterocycles. The Hall–Kier alpha value is -0.630. The quantitative estimate of drug-likeness (QED) is 0.540. The fourth-order valence-corrected chi connectivity index (χ4v) is 1.99. The summed E-state index contributed by atoms with van der Waals surface area (Å²) in [6.07, 6.45) is 10.3. The van der Waals surface area contributed by atoms with Crippen LogP contribution in [0.1, 0.15) is 51.9 Å². The van der Waals surface area contributed by atoms with Gasteiger partial charge in [0.15, 0.2) is 0 Å². The molecule has 86 valence electrons. The Morgan fingerprint density at radius 3 is 2.93 bits per heavy atom. The lowest BCUT2D eigenvalue weighted by atomic mass is 10.0. The summed E-state index contributed by atoms with van der Waals surface area (Å²) < 4.78 is 0. The molecule has 0 aromatic rings. The molecule has 0 heterocycles. The van der Waals surface area contributed by atoms with Crippen LogP contribution in [0.2, 0.25) is 0 Å². The highest BCUT2D eigenvalue weighted by molar-refractivity contribution is 5.80. The first-order chi connectivity index (χ1) is 7.22. The third-order valence-electron chi connectivity index (χ3n) is 2.99. The summed E-state index contributed by atoms with van der Waals surface area (Å²) in [7, 11) is 0. The first kappa shape index (κ1) is 12.4. The Kier molecular flexibility index (Phi) is 5.62. The van der Waals surface area contributed by atoms with Crippen molar-refractivity contribution < 1.29 is 9.90 Å². The van der Waals surface area contributed by atoms with Gasteiger partial charge in [-0.3, -0.25) is 4.79 Å². The van der Waals surface area contributed by atoms with Crippen LogP contribution in [-0.4, -0.2) is 17.0 Å². The van der Waals surface area contributed by atoms with Crippen molar-refractivity contribution in [3.05, 3.63) is 12.2 Å². The van der Waals surface area contributed by atoms with Crippen LogP contribution in [0, 0.1) is 5.92 Å². The molecular weight excluding hydrogens is 188 g/mol. The first-order valence-electron chi connectivity index (χ1n) is 6.10. The minimum absolute atomic E-state index is 0.313. The molecule has 1 aliphatic rings. The van der Waals surface area contributed by atoms with E-state index in [9.17, 15) is 9.90 Å². The molecular formula is C13H22O2. The molecule has 0 radical (unpaired) electrons. The fourth-order valence-electron chi connectivity index (χ4n) is 1.99. The molecule has 1 aliphatic carbocycles. The zero-order valence-electron chi connectivity index (χ0n) is 9.61. The van der Waals surface area contributed by atoms with Gasteiger partial charge in [-0.05, 0) is 18.8 Å². The van der Waals surface area contributed by atoms with Crippen molar-refractivity contribution >= 4 is 5.78 Å². The number of hydrogen-bond acceptors (Lipinski definition) is 2. The Morgan fingerprint density at radius 2 is 2.33 bits per heavy atom. The zero-order chi connectivity index (χ0) is 11.1. The van der Waals surface area contributed by atoms with Gasteiger partial charge in [0.05, 0.1) is 6.10 Å². The maximum Gasteiger partial charge on any atom is 0.133 e. The SMILES string of the molecule is CCCCCC(O)C=CC1CCC(=O)C1. The summed E-state index contributed by atoms with van der Waals surface area (Å²) >= 11 is 0. The minimum Gasteiger partial charge on any atom is -0.389 e. The lowest BCUT2D eigenvalue weighted by Gasteiger charge is -2.06. The largest absolute Gasteiger partial charge is 0.389 e. The van der Waals surface area contributed by atoms with Crippen molar-refractivity contribution in [3.63, 3.8) is 0 Å². The van der Waals surface area contributed by atoms with Crippen molar-refractivity contribution in [2.75, 3.05) is 0 Å². The van der Waals surface area contributed by atoms with Crippen molar-refractivity contribution in [1.82, 2.24) is 0 Å². The van der Waals surface area contributed by atoms with Crippen LogP contribution in [0.3, 0.4) is 0 Å². The molecule has 15 heavy (non-hydrogen) atoms. The molecule has 0 spiro atoms. The van der Waals surface area contributed by atoms with E-state index in [0.717, 1.165) is 25.7 Å². The lowest BCUT2D eigenvalue weighted by Crippen LogP contribution is -2.02. The summed E-state index contributed by atoms with van der Waals surface area (Å²) in [6, 6.07) is 0. The Labute approximate surface area is 92.4 Å². The monoisotopic (exact) mass is 210 g/mol. The summed E-state index contributed by atoms with van der Waals surface area (Å²) in [6.45, 7) is 2.16. The van der Waals surface area contributed by atoms with Crippen LogP contribution >= 0.6 is 0 Å². The van der Waals surface area contributed by atoms with Crippen LogP contribution in [0.15, 0.2) is 12.2 Å². The van der Waals surface area contributed by atoms with E-state index >= 15 is 0 Å². The van der Waals surface area contributed by atoms with Gasteiger partial charge in [0, 0.05) is 12.8 Å². The molecule has 0 aromatic carbocycles. The average Bonchev–Trinajstić information content (AvgIpc) is 2.62. The number of aliphatic hydroxyl groups excluding tert-OH is 1. The van der Waals surface area contributed by atoms with Crippen LogP contribution < -0.4 is 0 Å². The van der Waals surface area contributed by atoms with E-state index in [-0.39, 0.29) is 6.10 Å². The summed E-state index contributed by atoms with van der Waals surface area (Å²) in [5.74, 6) is 0.753. The van der Waals surface area contributed by atoms with Gasteiger partial charge < -0.3 is 5.11 Å². The van der Waals surface area contributed by atoms with Gasteiger partial charge in [-0.15, -0.1) is 0 Å². The van der Waals surface area contributed by atoms with E-state index in [4.69, 9.17) is 0 Å². The summed E-state index contributed by atoms with van der Waals surface area (Å²) in [5, 5.41) is 9.63. The number of rotatable bonds is 6. The van der Waals surface area contributed by atoms with Crippen LogP contribution in [0.4, 0.5) is 0 Å². The van der Waals surface area contributed by atoms with E-state index in [0.29, 0.717) is 18.1 Å². The number of carbonyl (C=O) groups excluding carboxylic acids is 1. The van der Waals surface area contributed by atoms with Gasteiger partial charge >= 0.3 is 0 Å². The number of hydrogen-bond donors (Lipinski definition) is 1. The smallest absolute Gasteiger partial charge is 0.133 e. The number of carbonyl (C=O) groups is 1.